The number of hydrogen-bond acceptors (Lipinski definition) is 5. The van der Waals surface area contributed by atoms with Gasteiger partial charge >= 0.3 is 0 Å². The number of rotatable bonds is 2. The van der Waals surface area contributed by atoms with Crippen LogP contribution in [0.5, 0.6) is 0 Å². The third kappa shape index (κ3) is 3.50. The van der Waals surface area contributed by atoms with Crippen molar-refractivity contribution in [2.24, 2.45) is 4.99 Å². The zero-order valence-corrected chi connectivity index (χ0v) is 14.3. The molecule has 0 aromatic heterocycles. The largest absolute Gasteiger partial charge is 0.407 e. The van der Waals surface area contributed by atoms with Gasteiger partial charge in [0.05, 0.1) is 6.04 Å². The Labute approximate surface area is 116 Å². The third-order valence-corrected chi connectivity index (χ3v) is 8.90. The van der Waals surface area contributed by atoms with Crippen LogP contribution in [0.15, 0.2) is 4.99 Å². The third-order valence-electron chi connectivity index (χ3n) is 3.82. The Bertz CT molecular complexity index is 329. The van der Waals surface area contributed by atoms with E-state index in [0.717, 1.165) is 5.17 Å². The van der Waals surface area contributed by atoms with Crippen LogP contribution in [0.3, 0.4) is 0 Å². The van der Waals surface area contributed by atoms with Crippen LogP contribution in [0.4, 0.5) is 0 Å². The van der Waals surface area contributed by atoms with E-state index in [0.29, 0.717) is 0 Å². The lowest BCUT2D eigenvalue weighted by molar-refractivity contribution is 0.0114. The van der Waals surface area contributed by atoms with Crippen LogP contribution in [0, 0.1) is 0 Å². The van der Waals surface area contributed by atoms with E-state index in [1.165, 1.54) is 11.8 Å². The number of aliphatic imine (C=N–C) groups is 1. The molecule has 1 aliphatic heterocycles. The molecule has 1 rings (SSSR count). The second-order valence-electron chi connectivity index (χ2n) is 6.33. The van der Waals surface area contributed by atoms with Gasteiger partial charge in [0.2, 0.25) is 0 Å². The van der Waals surface area contributed by atoms with E-state index in [2.05, 4.69) is 44.2 Å². The highest BCUT2D eigenvalue weighted by molar-refractivity contribution is 8.13. The lowest BCUT2D eigenvalue weighted by Crippen LogP contribution is -2.57. The van der Waals surface area contributed by atoms with E-state index < -0.39 is 14.5 Å². The number of aliphatic hydroxyl groups excluding tert-OH is 1. The van der Waals surface area contributed by atoms with Crippen LogP contribution >= 0.6 is 11.8 Å². The van der Waals surface area contributed by atoms with Gasteiger partial charge in [-0.2, -0.15) is 0 Å². The summed E-state index contributed by atoms with van der Waals surface area (Å²) < 4.78 is 6.27. The summed E-state index contributed by atoms with van der Waals surface area (Å²) in [6.45, 7) is 13.0. The van der Waals surface area contributed by atoms with E-state index in [9.17, 15) is 5.11 Å². The minimum Gasteiger partial charge on any atom is -0.407 e. The summed E-state index contributed by atoms with van der Waals surface area (Å²) in [5, 5.41) is 14.3. The van der Waals surface area contributed by atoms with Crippen molar-refractivity contribution in [3.8, 4) is 0 Å². The Morgan fingerprint density at radius 1 is 1.39 bits per heavy atom. The highest BCUT2D eigenvalue weighted by Gasteiger charge is 2.43. The summed E-state index contributed by atoms with van der Waals surface area (Å²) in [4.78, 5) is 4.22. The molecule has 4 nitrogen and oxygen atoms in total. The van der Waals surface area contributed by atoms with Crippen molar-refractivity contribution < 1.29 is 9.53 Å². The number of aliphatic hydroxyl groups is 1. The highest BCUT2D eigenvalue weighted by Crippen LogP contribution is 2.38. The second kappa shape index (κ2) is 5.52. The standard InChI is InChI=1S/C12H26N2O2SSi/c1-8-9(10(15)14-11(13-8)17-5)16-18(6,7)12(2,3)4/h8-10,15H,1-7H3,(H,13,14)/t8-,9+,10-/m1/s1. The van der Waals surface area contributed by atoms with Crippen molar-refractivity contribution >= 4 is 25.2 Å². The first kappa shape index (κ1) is 16.0. The van der Waals surface area contributed by atoms with Crippen molar-refractivity contribution in [3.63, 3.8) is 0 Å². The zero-order chi connectivity index (χ0) is 14.1. The molecule has 0 spiro atoms. The molecule has 1 aliphatic rings. The molecule has 0 aromatic carbocycles. The molecule has 18 heavy (non-hydrogen) atoms. The van der Waals surface area contributed by atoms with E-state index >= 15 is 0 Å². The van der Waals surface area contributed by atoms with Gasteiger partial charge in [0.1, 0.15) is 6.10 Å². The molecule has 3 atom stereocenters. The maximum atomic E-state index is 10.1. The summed E-state index contributed by atoms with van der Waals surface area (Å²) in [7, 11) is -1.88. The Balaban J connectivity index is 2.83. The van der Waals surface area contributed by atoms with Crippen LogP contribution in [-0.4, -0.2) is 43.2 Å². The number of hydrogen-bond donors (Lipinski definition) is 2. The number of nitrogens with one attached hydrogen (secondary N) is 1. The van der Waals surface area contributed by atoms with Crippen LogP contribution in [0.25, 0.3) is 0 Å². The average Bonchev–Trinajstić information content (AvgIpc) is 2.21. The summed E-state index contributed by atoms with van der Waals surface area (Å²) in [6, 6.07) is 0.0778. The monoisotopic (exact) mass is 290 g/mol. The maximum Gasteiger partial charge on any atom is 0.192 e. The molecule has 0 saturated carbocycles. The van der Waals surface area contributed by atoms with Gasteiger partial charge in [-0.3, -0.25) is 0 Å². The minimum absolute atomic E-state index is 0.0778. The maximum absolute atomic E-state index is 10.1. The van der Waals surface area contributed by atoms with Crippen molar-refractivity contribution in [2.45, 2.75) is 64.2 Å². The van der Waals surface area contributed by atoms with Crippen molar-refractivity contribution in [1.29, 1.82) is 0 Å². The SMILES string of the molecule is CSC1=N[C@H](O)[C@@H](O[Si](C)(C)C(C)(C)C)[C@@H](C)N1. The van der Waals surface area contributed by atoms with Gasteiger partial charge in [-0.1, -0.05) is 32.5 Å². The molecule has 6 heteroatoms. The molecule has 0 aromatic rings. The van der Waals surface area contributed by atoms with Gasteiger partial charge < -0.3 is 14.8 Å². The van der Waals surface area contributed by atoms with Crippen LogP contribution < -0.4 is 5.32 Å². The molecule has 0 bridgehead atoms. The molecule has 0 amide bonds. The normalized spacial score (nSPS) is 29.8. The van der Waals surface area contributed by atoms with Gasteiger partial charge in [-0.15, -0.1) is 0 Å². The van der Waals surface area contributed by atoms with Gasteiger partial charge in [-0.25, -0.2) is 4.99 Å². The smallest absolute Gasteiger partial charge is 0.192 e. The summed E-state index contributed by atoms with van der Waals surface area (Å²) in [5.74, 6) is 0. The van der Waals surface area contributed by atoms with Gasteiger partial charge in [0.15, 0.2) is 19.7 Å². The minimum atomic E-state index is -1.88. The van der Waals surface area contributed by atoms with Crippen molar-refractivity contribution in [3.05, 3.63) is 0 Å². The highest BCUT2D eigenvalue weighted by atomic mass is 32.2. The Morgan fingerprint density at radius 3 is 2.33 bits per heavy atom. The van der Waals surface area contributed by atoms with E-state index in [1.807, 2.05) is 13.2 Å². The molecule has 106 valence electrons. The summed E-state index contributed by atoms with van der Waals surface area (Å²) >= 11 is 1.51. The fourth-order valence-corrected chi connectivity index (χ4v) is 3.43. The molecular weight excluding hydrogens is 264 g/mol. The van der Waals surface area contributed by atoms with Gasteiger partial charge in [-0.05, 0) is 31.3 Å². The van der Waals surface area contributed by atoms with Gasteiger partial charge in [0, 0.05) is 0 Å². The average molecular weight is 291 g/mol. The van der Waals surface area contributed by atoms with Crippen LogP contribution in [0.1, 0.15) is 27.7 Å². The van der Waals surface area contributed by atoms with Crippen molar-refractivity contribution in [2.75, 3.05) is 6.26 Å². The molecular formula is C12H26N2O2SSi. The van der Waals surface area contributed by atoms with E-state index in [4.69, 9.17) is 4.43 Å². The predicted molar refractivity (Wildman–Crippen MR) is 81.6 cm³/mol. The van der Waals surface area contributed by atoms with Gasteiger partial charge in [0.25, 0.3) is 0 Å². The van der Waals surface area contributed by atoms with Crippen LogP contribution in [-0.2, 0) is 4.43 Å². The predicted octanol–water partition coefficient (Wildman–Crippen LogP) is 2.41. The molecule has 2 N–H and O–H groups in total. The number of thioether (sulfide) groups is 1. The summed E-state index contributed by atoms with van der Waals surface area (Å²) in [6.07, 6.45) is 0.917. The fraction of sp³-hybridized carbons (Fsp3) is 0.917. The molecule has 0 fully saturated rings. The number of nitrogens with zero attached hydrogens (tertiary/aromatic N) is 1. The topological polar surface area (TPSA) is 53.9 Å². The first-order chi connectivity index (χ1) is 8.08. The lowest BCUT2D eigenvalue weighted by Gasteiger charge is -2.43. The second-order valence-corrected chi connectivity index (χ2v) is 11.9. The first-order valence-corrected chi connectivity index (χ1v) is 10.5. The number of amidine groups is 1. The molecule has 1 heterocycles. The molecule has 0 unspecified atom stereocenters. The quantitative estimate of drug-likeness (QED) is 0.767. The molecule has 0 radical (unpaired) electrons. The van der Waals surface area contributed by atoms with Crippen LogP contribution in [0.2, 0.25) is 18.1 Å². The molecule has 0 aliphatic carbocycles. The fourth-order valence-electron chi connectivity index (χ4n) is 1.56. The lowest BCUT2D eigenvalue weighted by atomic mass is 10.1. The Hall–Kier alpha value is -0.0431. The first-order valence-electron chi connectivity index (χ1n) is 6.32. The Morgan fingerprint density at radius 2 is 1.94 bits per heavy atom. The molecule has 0 saturated heterocycles. The van der Waals surface area contributed by atoms with Crippen molar-refractivity contribution in [1.82, 2.24) is 5.32 Å². The summed E-state index contributed by atoms with van der Waals surface area (Å²) in [5.41, 5.74) is 0. The Kier molecular flexibility index (Phi) is 4.91. The van der Waals surface area contributed by atoms with E-state index in [1.54, 1.807) is 0 Å². The van der Waals surface area contributed by atoms with E-state index in [-0.39, 0.29) is 17.2 Å². The zero-order valence-electron chi connectivity index (χ0n) is 12.4.